The molecule has 12 aromatic rings. The zero-order valence-electron chi connectivity index (χ0n) is 54.7. The number of amides is 4. The van der Waals surface area contributed by atoms with Crippen molar-refractivity contribution in [3.63, 3.8) is 0 Å². The Morgan fingerprint density at radius 1 is 0.250 bits per heavy atom. The van der Waals surface area contributed by atoms with Gasteiger partial charge in [0.15, 0.2) is 24.4 Å². The maximum Gasteiger partial charge on any atom is 0.408 e. The highest BCUT2D eigenvalue weighted by Gasteiger charge is 2.41. The Bertz CT molecular complexity index is 4580. The number of benzene rings is 4. The van der Waals surface area contributed by atoms with Crippen LogP contribution in [0, 0.1) is 47.4 Å². The van der Waals surface area contributed by atoms with Gasteiger partial charge in [0.2, 0.25) is 0 Å². The third-order valence-electron chi connectivity index (χ3n) is 15.8. The van der Waals surface area contributed by atoms with Gasteiger partial charge in [0.05, 0.1) is 22.8 Å². The maximum atomic E-state index is 11.8. The molecule has 12 heterocycles. The van der Waals surface area contributed by atoms with E-state index in [0.29, 0.717) is 22.8 Å². The Kier molecular flexibility index (Phi) is 21.9. The van der Waals surface area contributed by atoms with E-state index in [-0.39, 0.29) is 24.2 Å². The quantitative estimate of drug-likeness (QED) is 0.0811. The summed E-state index contributed by atoms with van der Waals surface area (Å²) < 4.78 is 21.5. The molecule has 24 nitrogen and oxygen atoms in total. The minimum atomic E-state index is -0.537. The molecule has 0 spiro atoms. The van der Waals surface area contributed by atoms with Crippen molar-refractivity contribution in [1.29, 1.82) is 0 Å². The van der Waals surface area contributed by atoms with E-state index in [0.717, 1.165) is 66.8 Å². The standard InChI is InChI=1S/4C20H14N4O2/c4*25-20-24-18(19(26-20)17-8-9-21-13-23-17)16-10-15(11-22-12-16)7-6-14-4-2-1-3-5-14/h4*1-5,8-13,18-19H,(H,24,25)/t2*18-,19+;2*18-,19-/m1010/s1. The van der Waals surface area contributed by atoms with Crippen molar-refractivity contribution < 1.29 is 38.1 Å². The zero-order chi connectivity index (χ0) is 71.1. The van der Waals surface area contributed by atoms with E-state index >= 15 is 0 Å². The Balaban J connectivity index is 0.000000123. The van der Waals surface area contributed by atoms with Crippen molar-refractivity contribution >= 4 is 24.4 Å². The van der Waals surface area contributed by atoms with Crippen LogP contribution in [0.1, 0.15) is 138 Å². The van der Waals surface area contributed by atoms with Crippen LogP contribution in [0.4, 0.5) is 19.2 Å². The van der Waals surface area contributed by atoms with Crippen molar-refractivity contribution in [3.8, 4) is 47.4 Å². The monoisotopic (exact) mass is 1370 g/mol. The summed E-state index contributed by atoms with van der Waals surface area (Å²) >= 11 is 0. The minimum absolute atomic E-state index is 0.386. The predicted molar refractivity (Wildman–Crippen MR) is 375 cm³/mol. The second-order valence-corrected chi connectivity index (χ2v) is 22.8. The van der Waals surface area contributed by atoms with Crippen molar-refractivity contribution in [2.45, 2.75) is 48.6 Å². The molecule has 4 N–H and O–H groups in total. The third-order valence-corrected chi connectivity index (χ3v) is 15.8. The highest BCUT2D eigenvalue weighted by molar-refractivity contribution is 5.73. The summed E-state index contributed by atoms with van der Waals surface area (Å²) in [5.74, 6) is 24.8. The van der Waals surface area contributed by atoms with E-state index in [4.69, 9.17) is 18.9 Å². The summed E-state index contributed by atoms with van der Waals surface area (Å²) in [5.41, 5.74) is 12.5. The second kappa shape index (κ2) is 33.6. The molecule has 504 valence electrons. The van der Waals surface area contributed by atoms with Crippen molar-refractivity contribution in [1.82, 2.24) is 81.1 Å². The lowest BCUT2D eigenvalue weighted by atomic mass is 10.00. The summed E-state index contributed by atoms with van der Waals surface area (Å²) in [6.45, 7) is 0. The zero-order valence-corrected chi connectivity index (χ0v) is 54.7. The van der Waals surface area contributed by atoms with E-state index in [2.05, 4.69) is 128 Å². The van der Waals surface area contributed by atoms with Gasteiger partial charge in [0.25, 0.3) is 0 Å². The van der Waals surface area contributed by atoms with Crippen LogP contribution < -0.4 is 21.3 Å². The molecule has 4 aliphatic heterocycles. The number of carbonyl (C=O) groups is 4. The van der Waals surface area contributed by atoms with Crippen molar-refractivity contribution in [3.05, 3.63) is 359 Å². The Morgan fingerprint density at radius 3 is 0.663 bits per heavy atom. The van der Waals surface area contributed by atoms with Gasteiger partial charge in [-0.3, -0.25) is 19.9 Å². The van der Waals surface area contributed by atoms with E-state index in [1.165, 1.54) is 25.3 Å². The molecule has 104 heavy (non-hydrogen) atoms. The Morgan fingerprint density at radius 2 is 0.462 bits per heavy atom. The van der Waals surface area contributed by atoms with Gasteiger partial charge in [-0.2, -0.15) is 0 Å². The van der Waals surface area contributed by atoms with Crippen LogP contribution >= 0.6 is 0 Å². The predicted octanol–water partition coefficient (Wildman–Crippen LogP) is 11.2. The molecule has 0 aliphatic carbocycles. The number of cyclic esters (lactones) is 4. The van der Waals surface area contributed by atoms with Gasteiger partial charge in [-0.15, -0.1) is 0 Å². The molecule has 8 aromatic heterocycles. The molecule has 0 radical (unpaired) electrons. The number of aromatic nitrogens is 12. The molecule has 0 unspecified atom stereocenters. The summed E-state index contributed by atoms with van der Waals surface area (Å²) in [4.78, 5) is 96.5. The lowest BCUT2D eigenvalue weighted by Crippen LogP contribution is -2.20. The normalized spacial score (nSPS) is 18.4. The molecular weight excluding hydrogens is 1310 g/mol. The molecule has 4 fully saturated rings. The lowest BCUT2D eigenvalue weighted by molar-refractivity contribution is 0.129. The van der Waals surface area contributed by atoms with Crippen LogP contribution in [0.25, 0.3) is 0 Å². The number of carbonyl (C=O) groups excluding carboxylic acids is 4. The van der Waals surface area contributed by atoms with E-state index < -0.39 is 48.8 Å². The molecule has 4 aliphatic rings. The number of rotatable bonds is 8. The first kappa shape index (κ1) is 67.7. The van der Waals surface area contributed by atoms with Crippen LogP contribution in [-0.2, 0) is 18.9 Å². The molecular formula is C80H56N16O8. The summed E-state index contributed by atoms with van der Waals surface area (Å²) in [7, 11) is 0. The second-order valence-electron chi connectivity index (χ2n) is 22.8. The van der Waals surface area contributed by atoms with Crippen LogP contribution in [0.3, 0.4) is 0 Å². The van der Waals surface area contributed by atoms with E-state index in [1.807, 2.05) is 146 Å². The Labute approximate surface area is 595 Å². The molecule has 0 saturated carbocycles. The van der Waals surface area contributed by atoms with Gasteiger partial charge in [0.1, 0.15) is 49.5 Å². The fourth-order valence-corrected chi connectivity index (χ4v) is 11.0. The summed E-state index contributed by atoms with van der Waals surface area (Å²) in [5, 5.41) is 11.2. The number of pyridine rings is 4. The average Bonchev–Trinajstić information content (AvgIpc) is 1.66. The highest BCUT2D eigenvalue weighted by atomic mass is 16.6. The van der Waals surface area contributed by atoms with Crippen LogP contribution in [0.15, 0.2) is 270 Å². The highest BCUT2D eigenvalue weighted by Crippen LogP contribution is 2.39. The van der Waals surface area contributed by atoms with E-state index in [1.54, 1.807) is 98.6 Å². The first-order chi connectivity index (χ1) is 51.2. The van der Waals surface area contributed by atoms with Gasteiger partial charge in [0, 0.05) is 119 Å². The van der Waals surface area contributed by atoms with Crippen molar-refractivity contribution in [2.75, 3.05) is 0 Å². The fourth-order valence-electron chi connectivity index (χ4n) is 11.0. The topological polar surface area (TPSA) is 308 Å². The molecule has 4 aromatic carbocycles. The van der Waals surface area contributed by atoms with Gasteiger partial charge >= 0.3 is 24.4 Å². The third kappa shape index (κ3) is 18.1. The molecule has 16 rings (SSSR count). The van der Waals surface area contributed by atoms with Crippen LogP contribution in [0.2, 0.25) is 0 Å². The van der Waals surface area contributed by atoms with Gasteiger partial charge in [-0.25, -0.2) is 59.0 Å². The summed E-state index contributed by atoms with van der Waals surface area (Å²) in [6.07, 6.45) is 21.6. The fraction of sp³-hybridized carbons (Fsp3) is 0.100. The number of nitrogens with one attached hydrogen (secondary N) is 4. The SMILES string of the molecule is O=C1N[C@@H](c2cncc(C#Cc3ccccc3)c2)[C@@H](c2ccncn2)O1.O=C1N[C@@H](c2cncc(C#Cc3ccccc3)c2)[C@H](c2ccncn2)O1.O=C1N[C@H](c2cncc(C#Cc3ccccc3)c2)[C@@H](c2ccncn2)O1.O=C1N[C@H](c2cncc(C#Cc3ccccc3)c2)[C@H](c2ccncn2)O1. The van der Waals surface area contributed by atoms with Crippen molar-refractivity contribution in [2.24, 2.45) is 0 Å². The first-order valence-corrected chi connectivity index (χ1v) is 32.2. The number of alkyl carbamates (subject to hydrolysis) is 4. The number of ether oxygens (including phenoxy) is 4. The molecule has 8 atom stereocenters. The smallest absolute Gasteiger partial charge is 0.408 e. The van der Waals surface area contributed by atoms with Gasteiger partial charge in [-0.05, 0) is 119 Å². The van der Waals surface area contributed by atoms with E-state index in [9.17, 15) is 19.2 Å². The molecule has 4 amide bonds. The van der Waals surface area contributed by atoms with Gasteiger partial charge < -0.3 is 40.2 Å². The number of nitrogens with zero attached hydrogens (tertiary/aromatic N) is 12. The van der Waals surface area contributed by atoms with Gasteiger partial charge in [-0.1, -0.05) is 120 Å². The summed E-state index contributed by atoms with van der Waals surface area (Å²) in [6, 6.07) is 51.8. The first-order valence-electron chi connectivity index (χ1n) is 32.2. The molecule has 0 bridgehead atoms. The number of hydrogen-bond donors (Lipinski definition) is 4. The maximum absolute atomic E-state index is 11.8. The number of hydrogen-bond acceptors (Lipinski definition) is 20. The van der Waals surface area contributed by atoms with Crippen LogP contribution in [0.5, 0.6) is 0 Å². The van der Waals surface area contributed by atoms with Crippen LogP contribution in [-0.4, -0.2) is 84.2 Å². The Hall–Kier alpha value is -14.9. The lowest BCUT2D eigenvalue weighted by Gasteiger charge is -2.16. The minimum Gasteiger partial charge on any atom is -0.437 e. The molecule has 4 saturated heterocycles. The molecule has 24 heteroatoms. The largest absolute Gasteiger partial charge is 0.437 e. The average molecular weight is 1370 g/mol.